The van der Waals surface area contributed by atoms with Crippen LogP contribution in [0.5, 0.6) is 0 Å². The van der Waals surface area contributed by atoms with Crippen molar-refractivity contribution in [3.63, 3.8) is 0 Å². The lowest BCUT2D eigenvalue weighted by Gasteiger charge is -2.18. The molecule has 90 valence electrons. The smallest absolute Gasteiger partial charge is 0.112 e. The SMILES string of the molecule is CC1=Cc2nc(C3CC=CCC3)n(C)c2CC1. The number of hydrogen-bond donors (Lipinski definition) is 0. The van der Waals surface area contributed by atoms with Crippen molar-refractivity contribution in [2.75, 3.05) is 0 Å². The van der Waals surface area contributed by atoms with Crippen LogP contribution >= 0.6 is 0 Å². The summed E-state index contributed by atoms with van der Waals surface area (Å²) in [5, 5.41) is 0. The summed E-state index contributed by atoms with van der Waals surface area (Å²) in [6.45, 7) is 2.21. The molecule has 1 atom stereocenters. The molecule has 0 saturated heterocycles. The monoisotopic (exact) mass is 228 g/mol. The lowest BCUT2D eigenvalue weighted by molar-refractivity contribution is 0.556. The predicted octanol–water partition coefficient (Wildman–Crippen LogP) is 3.59. The molecule has 17 heavy (non-hydrogen) atoms. The molecule has 1 unspecified atom stereocenters. The Morgan fingerprint density at radius 1 is 1.29 bits per heavy atom. The second-order valence-corrected chi connectivity index (χ2v) is 5.33. The molecule has 0 saturated carbocycles. The molecule has 0 N–H and O–H groups in total. The first-order chi connectivity index (χ1) is 8.25. The summed E-state index contributed by atoms with van der Waals surface area (Å²) in [6, 6.07) is 0. The molecule has 0 spiro atoms. The molecule has 0 aromatic carbocycles. The molecule has 2 aliphatic carbocycles. The van der Waals surface area contributed by atoms with Crippen LogP contribution in [0.4, 0.5) is 0 Å². The predicted molar refractivity (Wildman–Crippen MR) is 70.9 cm³/mol. The van der Waals surface area contributed by atoms with E-state index in [1.807, 2.05) is 0 Å². The van der Waals surface area contributed by atoms with Gasteiger partial charge in [0.2, 0.25) is 0 Å². The highest BCUT2D eigenvalue weighted by molar-refractivity contribution is 5.54. The topological polar surface area (TPSA) is 17.8 Å². The summed E-state index contributed by atoms with van der Waals surface area (Å²) in [6.07, 6.45) is 12.8. The van der Waals surface area contributed by atoms with Crippen molar-refractivity contribution in [1.29, 1.82) is 0 Å². The van der Waals surface area contributed by atoms with Gasteiger partial charge < -0.3 is 4.57 Å². The number of imidazole rings is 1. The van der Waals surface area contributed by atoms with Crippen molar-refractivity contribution < 1.29 is 0 Å². The number of allylic oxidation sites excluding steroid dienone is 3. The van der Waals surface area contributed by atoms with Gasteiger partial charge in [0.05, 0.1) is 5.69 Å². The summed E-state index contributed by atoms with van der Waals surface area (Å²) in [7, 11) is 2.19. The normalized spacial score (nSPS) is 23.4. The van der Waals surface area contributed by atoms with E-state index in [1.165, 1.54) is 42.0 Å². The van der Waals surface area contributed by atoms with E-state index in [-0.39, 0.29) is 0 Å². The van der Waals surface area contributed by atoms with Crippen LogP contribution in [0, 0.1) is 0 Å². The molecule has 1 heterocycles. The van der Waals surface area contributed by atoms with Gasteiger partial charge in [-0.2, -0.15) is 0 Å². The quantitative estimate of drug-likeness (QED) is 0.672. The number of aromatic nitrogens is 2. The van der Waals surface area contributed by atoms with Gasteiger partial charge in [0.1, 0.15) is 5.82 Å². The lowest BCUT2D eigenvalue weighted by atomic mass is 9.94. The Bertz CT molecular complexity index is 491. The number of hydrogen-bond acceptors (Lipinski definition) is 1. The lowest BCUT2D eigenvalue weighted by Crippen LogP contribution is -2.09. The maximum atomic E-state index is 4.88. The van der Waals surface area contributed by atoms with Crippen molar-refractivity contribution in [3.8, 4) is 0 Å². The van der Waals surface area contributed by atoms with Crippen LogP contribution in [-0.2, 0) is 13.5 Å². The largest absolute Gasteiger partial charge is 0.334 e. The molecule has 0 aliphatic heterocycles. The maximum absolute atomic E-state index is 4.88. The van der Waals surface area contributed by atoms with Crippen molar-refractivity contribution in [2.45, 2.75) is 44.9 Å². The Balaban J connectivity index is 1.99. The molecular weight excluding hydrogens is 208 g/mol. The third-order valence-electron chi connectivity index (χ3n) is 4.05. The Morgan fingerprint density at radius 2 is 2.18 bits per heavy atom. The van der Waals surface area contributed by atoms with Gasteiger partial charge in [-0.3, -0.25) is 0 Å². The first-order valence-corrected chi connectivity index (χ1v) is 6.63. The van der Waals surface area contributed by atoms with Crippen molar-refractivity contribution in [1.82, 2.24) is 9.55 Å². The molecule has 0 fully saturated rings. The van der Waals surface area contributed by atoms with Crippen LogP contribution < -0.4 is 0 Å². The molecule has 0 amide bonds. The molecule has 2 heteroatoms. The standard InChI is InChI=1S/C15H20N2/c1-11-8-9-14-13(10-11)16-15(17(14)2)12-6-4-3-5-7-12/h3-4,10,12H,5-9H2,1-2H3. The van der Waals surface area contributed by atoms with Crippen LogP contribution in [-0.4, -0.2) is 9.55 Å². The average molecular weight is 228 g/mol. The van der Waals surface area contributed by atoms with E-state index in [4.69, 9.17) is 4.98 Å². The molecule has 0 radical (unpaired) electrons. The molecule has 1 aromatic rings. The second-order valence-electron chi connectivity index (χ2n) is 5.33. The fourth-order valence-electron chi connectivity index (χ4n) is 3.00. The maximum Gasteiger partial charge on any atom is 0.112 e. The Labute approximate surface area is 103 Å². The molecule has 0 bridgehead atoms. The van der Waals surface area contributed by atoms with Gasteiger partial charge in [-0.1, -0.05) is 17.7 Å². The minimum absolute atomic E-state index is 0.629. The minimum atomic E-state index is 0.629. The zero-order valence-corrected chi connectivity index (χ0v) is 10.7. The summed E-state index contributed by atoms with van der Waals surface area (Å²) in [5.41, 5.74) is 4.12. The molecule has 3 rings (SSSR count). The molecule has 2 aliphatic rings. The Hall–Kier alpha value is -1.31. The van der Waals surface area contributed by atoms with E-state index in [1.54, 1.807) is 0 Å². The van der Waals surface area contributed by atoms with Crippen LogP contribution in [0.15, 0.2) is 17.7 Å². The third-order valence-corrected chi connectivity index (χ3v) is 4.05. The average Bonchev–Trinajstić information content (AvgIpc) is 2.67. The highest BCUT2D eigenvalue weighted by Gasteiger charge is 2.22. The van der Waals surface area contributed by atoms with E-state index in [0.717, 1.165) is 12.8 Å². The van der Waals surface area contributed by atoms with Crippen LogP contribution in [0.2, 0.25) is 0 Å². The minimum Gasteiger partial charge on any atom is -0.334 e. The van der Waals surface area contributed by atoms with Crippen molar-refractivity contribution in [2.24, 2.45) is 7.05 Å². The van der Waals surface area contributed by atoms with Crippen LogP contribution in [0.3, 0.4) is 0 Å². The van der Waals surface area contributed by atoms with Crippen molar-refractivity contribution >= 4 is 6.08 Å². The number of rotatable bonds is 1. The van der Waals surface area contributed by atoms with E-state index < -0.39 is 0 Å². The van der Waals surface area contributed by atoms with Gasteiger partial charge >= 0.3 is 0 Å². The molecular formula is C15H20N2. The van der Waals surface area contributed by atoms with E-state index in [0.29, 0.717) is 5.92 Å². The van der Waals surface area contributed by atoms with E-state index in [2.05, 4.69) is 36.8 Å². The van der Waals surface area contributed by atoms with Gasteiger partial charge in [0.25, 0.3) is 0 Å². The first-order valence-electron chi connectivity index (χ1n) is 6.63. The van der Waals surface area contributed by atoms with Crippen LogP contribution in [0.1, 0.15) is 55.7 Å². The summed E-state index contributed by atoms with van der Waals surface area (Å²) in [5.74, 6) is 1.93. The zero-order valence-electron chi connectivity index (χ0n) is 10.7. The van der Waals surface area contributed by atoms with E-state index >= 15 is 0 Å². The third kappa shape index (κ3) is 1.86. The zero-order chi connectivity index (χ0) is 11.8. The van der Waals surface area contributed by atoms with Gasteiger partial charge in [-0.15, -0.1) is 0 Å². The fraction of sp³-hybridized carbons (Fsp3) is 0.533. The van der Waals surface area contributed by atoms with Gasteiger partial charge in [-0.25, -0.2) is 4.98 Å². The number of nitrogens with zero attached hydrogens (tertiary/aromatic N) is 2. The number of fused-ring (bicyclic) bond motifs is 1. The molecule has 1 aromatic heterocycles. The fourth-order valence-corrected chi connectivity index (χ4v) is 3.00. The Morgan fingerprint density at radius 3 is 2.94 bits per heavy atom. The van der Waals surface area contributed by atoms with E-state index in [9.17, 15) is 0 Å². The van der Waals surface area contributed by atoms with Crippen molar-refractivity contribution in [3.05, 3.63) is 34.9 Å². The Kier molecular flexibility index (Phi) is 2.65. The molecule has 2 nitrogen and oxygen atoms in total. The highest BCUT2D eigenvalue weighted by Crippen LogP contribution is 2.32. The summed E-state index contributed by atoms with van der Waals surface area (Å²) in [4.78, 5) is 4.88. The summed E-state index contributed by atoms with van der Waals surface area (Å²) < 4.78 is 2.35. The first kappa shape index (κ1) is 10.8. The summed E-state index contributed by atoms with van der Waals surface area (Å²) >= 11 is 0. The van der Waals surface area contributed by atoms with Gasteiger partial charge in [-0.05, 0) is 45.1 Å². The highest BCUT2D eigenvalue weighted by atomic mass is 15.1. The van der Waals surface area contributed by atoms with Crippen LogP contribution in [0.25, 0.3) is 6.08 Å². The van der Waals surface area contributed by atoms with Gasteiger partial charge in [0.15, 0.2) is 0 Å². The second kappa shape index (κ2) is 4.17. The van der Waals surface area contributed by atoms with Gasteiger partial charge in [0, 0.05) is 18.7 Å².